The Morgan fingerprint density at radius 1 is 0.422 bits per heavy atom. The molecule has 1 saturated heterocycles. The number of hydrogen-bond donors (Lipinski definition) is 0. The molecule has 2 aromatic carbocycles. The van der Waals surface area contributed by atoms with E-state index in [9.17, 15) is 4.79 Å². The van der Waals surface area contributed by atoms with Crippen LogP contribution in [-0.2, 0) is 47.4 Å². The summed E-state index contributed by atoms with van der Waals surface area (Å²) in [6.45, 7) is 56.4. The zero-order valence-electron chi connectivity index (χ0n) is 75.4. The van der Waals surface area contributed by atoms with E-state index in [1.807, 2.05) is 107 Å². The predicted molar refractivity (Wildman–Crippen MR) is 462 cm³/mol. The largest absolute Gasteiger partial charge is 0.490 e. The van der Waals surface area contributed by atoms with Gasteiger partial charge in [-0.2, -0.15) is 0 Å². The third-order valence-corrected chi connectivity index (χ3v) is 19.4. The molecule has 1 amide bonds. The molecule has 19 nitrogen and oxygen atoms in total. The van der Waals surface area contributed by atoms with Crippen molar-refractivity contribution in [3.63, 3.8) is 0 Å². The number of amides is 1. The van der Waals surface area contributed by atoms with Crippen LogP contribution in [0.15, 0.2) is 85.2 Å². The van der Waals surface area contributed by atoms with E-state index in [0.717, 1.165) is 169 Å². The Morgan fingerprint density at radius 2 is 0.793 bits per heavy atom. The standard InChI is InChI=1S/C25H37NO4.C24H37N3O2.C24H35NO4.C24H36O4/c1-24(2,3)29-22-13-20(14-22)27-12-8-7-9-18-10-11-19(17-26-18)28-21-15-23(16-21)30-25(4,5)6;1-23(2,3)27-14-12-26(13-15-27)11-7-8-19-9-10-20(18-25-19)28-21-16-22(17-21)29-24(4,5)6;1-23(2,3)25(7)22(26)17-27-14-8-9-18-10-12-19(13-11-18)28-20-15-21(16-20)29-24(4,5)6;1-19(2)26-16-8-15-25-14-7-6-9-20-10-12-21(13-11-20)27-22-17-23(18-22)28-24(3,4)5/h10-11,17,20-23H,8,12-16H2,1-6H3;9-10,18,21-22H,11-17H2,1-6H3;10-13,20-21H,14-17H2,1-7H3;10-13,19,22-23H,7-8,14-18H2,1-5H3. The van der Waals surface area contributed by atoms with E-state index in [1.165, 1.54) is 0 Å². The van der Waals surface area contributed by atoms with Gasteiger partial charge >= 0.3 is 0 Å². The maximum Gasteiger partial charge on any atom is 0.248 e. The van der Waals surface area contributed by atoms with Gasteiger partial charge in [-0.25, -0.2) is 9.97 Å². The highest BCUT2D eigenvalue weighted by atomic mass is 16.6. The molecule has 0 radical (unpaired) electrons. The number of hydrogen-bond acceptors (Lipinski definition) is 18. The second kappa shape index (κ2) is 45.6. The average molecular weight is 1610 g/mol. The van der Waals surface area contributed by atoms with Crippen LogP contribution in [0, 0.1) is 47.4 Å². The highest BCUT2D eigenvalue weighted by molar-refractivity contribution is 5.77. The zero-order chi connectivity index (χ0) is 84.9. The van der Waals surface area contributed by atoms with Crippen LogP contribution in [0.25, 0.3) is 0 Å². The van der Waals surface area contributed by atoms with Gasteiger partial charge in [0.25, 0.3) is 0 Å². The molecule has 2 aromatic heterocycles. The lowest BCUT2D eigenvalue weighted by Crippen LogP contribution is -2.53. The molecule has 0 spiro atoms. The lowest BCUT2D eigenvalue weighted by Gasteiger charge is -2.41. The van der Waals surface area contributed by atoms with Gasteiger partial charge in [0.05, 0.1) is 103 Å². The molecule has 6 aliphatic rings. The fraction of sp³-hybridized carbons (Fsp3) is 0.680. The molecule has 0 N–H and O–H groups in total. The third-order valence-electron chi connectivity index (χ3n) is 19.4. The summed E-state index contributed by atoms with van der Waals surface area (Å²) in [5.41, 5.74) is 3.05. The van der Waals surface area contributed by atoms with Crippen LogP contribution in [0.1, 0.15) is 265 Å². The van der Waals surface area contributed by atoms with Crippen LogP contribution < -0.4 is 18.9 Å². The molecule has 4 aromatic rings. The average Bonchev–Trinajstić information content (AvgIpc) is 0.795. The van der Waals surface area contributed by atoms with Crippen molar-refractivity contribution in [1.29, 1.82) is 0 Å². The lowest BCUT2D eigenvalue weighted by atomic mass is 9.91. The number of aromatic nitrogens is 2. The third kappa shape index (κ3) is 39.8. The molecule has 116 heavy (non-hydrogen) atoms. The molecule has 5 aliphatic carbocycles. The van der Waals surface area contributed by atoms with Crippen molar-refractivity contribution in [2.75, 3.05) is 79.4 Å². The molecule has 642 valence electrons. The second-order valence-corrected chi connectivity index (χ2v) is 38.5. The fourth-order valence-electron chi connectivity index (χ4n) is 13.1. The summed E-state index contributed by atoms with van der Waals surface area (Å²) < 4.78 is 75.9. The second-order valence-electron chi connectivity index (χ2n) is 38.5. The van der Waals surface area contributed by atoms with Gasteiger partial charge in [-0.05, 0) is 263 Å². The molecule has 10 rings (SSSR count). The van der Waals surface area contributed by atoms with Crippen molar-refractivity contribution in [2.45, 2.75) is 349 Å². The summed E-state index contributed by atoms with van der Waals surface area (Å²) >= 11 is 0. The number of piperazine rings is 1. The van der Waals surface area contributed by atoms with Gasteiger partial charge in [0.15, 0.2) is 0 Å². The Morgan fingerprint density at radius 3 is 1.17 bits per heavy atom. The molecule has 6 fully saturated rings. The quantitative estimate of drug-likeness (QED) is 0.0407. The molecule has 19 heteroatoms. The SMILES string of the molecule is CC(C)(C)OC1CC(OCCC#Cc2ccc(OC3CC(OC(C)(C)C)C3)cn2)C1.CC(C)(C)OC1CC(Oc2ccc(C#CCN3CCN(C(C)(C)C)CC3)nc2)C1.CC(C)OCCCOCCC#Cc1ccc(OC2CC(OC(C)(C)C)C2)cc1.CN(C(=O)COCC#Cc1ccc(OC2CC(OC(C)(C)C)C2)cc1)C(C)(C)C. The van der Waals surface area contributed by atoms with Gasteiger partial charge in [-0.1, -0.05) is 35.5 Å². The van der Waals surface area contributed by atoms with E-state index in [2.05, 4.69) is 192 Å². The van der Waals surface area contributed by atoms with Gasteiger partial charge in [0, 0.05) is 133 Å². The van der Waals surface area contributed by atoms with E-state index < -0.39 is 0 Å². The van der Waals surface area contributed by atoms with Crippen LogP contribution in [0.2, 0.25) is 0 Å². The minimum Gasteiger partial charge on any atom is -0.490 e. The number of carbonyl (C=O) groups is 1. The minimum atomic E-state index is -0.212. The minimum absolute atomic E-state index is 0.0382. The van der Waals surface area contributed by atoms with Crippen molar-refractivity contribution in [3.05, 3.63) is 108 Å². The van der Waals surface area contributed by atoms with E-state index in [4.69, 9.17) is 61.6 Å². The summed E-state index contributed by atoms with van der Waals surface area (Å²) in [5, 5.41) is 0. The van der Waals surface area contributed by atoms with Crippen LogP contribution in [-0.4, -0.2) is 216 Å². The van der Waals surface area contributed by atoms with E-state index in [0.29, 0.717) is 56.3 Å². The smallest absolute Gasteiger partial charge is 0.248 e. The summed E-state index contributed by atoms with van der Waals surface area (Å²) in [6, 6.07) is 23.5. The normalized spacial score (nSPS) is 22.1. The Balaban J connectivity index is 0.000000214. The first kappa shape index (κ1) is 96.3. The molecular weight excluding hydrogens is 1460 g/mol. The maximum absolute atomic E-state index is 12.0. The fourth-order valence-corrected chi connectivity index (χ4v) is 13.1. The summed E-state index contributed by atoms with van der Waals surface area (Å²) in [6.07, 6.45) is 18.5. The van der Waals surface area contributed by atoms with Crippen LogP contribution in [0.3, 0.4) is 0 Å². The number of rotatable bonds is 27. The first-order valence-corrected chi connectivity index (χ1v) is 42.7. The van der Waals surface area contributed by atoms with Crippen molar-refractivity contribution in [2.24, 2.45) is 0 Å². The molecule has 0 bridgehead atoms. The Hall–Kier alpha value is -6.79. The molecule has 5 saturated carbocycles. The first-order chi connectivity index (χ1) is 54.4. The summed E-state index contributed by atoms with van der Waals surface area (Å²) in [4.78, 5) is 27.5. The van der Waals surface area contributed by atoms with Gasteiger partial charge in [0.2, 0.25) is 5.91 Å². The van der Waals surface area contributed by atoms with Gasteiger partial charge in [0.1, 0.15) is 72.0 Å². The number of ether oxygens (including phenoxy) is 13. The summed E-state index contributed by atoms with van der Waals surface area (Å²) in [7, 11) is 1.78. The Kier molecular flexibility index (Phi) is 37.8. The number of benzene rings is 2. The Bertz CT molecular complexity index is 3770. The number of likely N-dealkylation sites (N-methyl/N-ethyl adjacent to an activating group) is 1. The first-order valence-electron chi connectivity index (χ1n) is 42.7. The maximum atomic E-state index is 12.0. The molecule has 1 aliphatic heterocycles. The van der Waals surface area contributed by atoms with Crippen molar-refractivity contribution >= 4 is 5.91 Å². The molecule has 0 unspecified atom stereocenters. The predicted octanol–water partition coefficient (Wildman–Crippen LogP) is 17.5. The highest BCUT2D eigenvalue weighted by Gasteiger charge is 2.39. The highest BCUT2D eigenvalue weighted by Crippen LogP contribution is 2.36. The molecule has 0 atom stereocenters. The van der Waals surface area contributed by atoms with Crippen LogP contribution in [0.5, 0.6) is 23.0 Å². The van der Waals surface area contributed by atoms with E-state index in [-0.39, 0.29) is 88.7 Å². The Labute approximate surface area is 699 Å². The summed E-state index contributed by atoms with van der Waals surface area (Å²) in [5.74, 6) is 28.3. The topological polar surface area (TPSA) is 173 Å². The monoisotopic (exact) mass is 1600 g/mol. The van der Waals surface area contributed by atoms with Gasteiger partial charge in [-0.15, -0.1) is 0 Å². The van der Waals surface area contributed by atoms with Crippen molar-refractivity contribution in [1.82, 2.24) is 24.7 Å². The van der Waals surface area contributed by atoms with E-state index in [1.54, 1.807) is 24.3 Å². The number of carbonyl (C=O) groups excluding carboxylic acids is 1. The number of nitrogens with zero attached hydrogens (tertiary/aromatic N) is 5. The lowest BCUT2D eigenvalue weighted by molar-refractivity contribution is -0.148. The molecular formula is C97H145N5O14. The van der Waals surface area contributed by atoms with Crippen LogP contribution in [0.4, 0.5) is 0 Å². The van der Waals surface area contributed by atoms with E-state index >= 15 is 0 Å². The molecule has 3 heterocycles. The van der Waals surface area contributed by atoms with Crippen LogP contribution >= 0.6 is 0 Å². The zero-order valence-corrected chi connectivity index (χ0v) is 75.4. The number of pyridine rings is 2. The van der Waals surface area contributed by atoms with Crippen molar-refractivity contribution in [3.8, 4) is 70.4 Å². The van der Waals surface area contributed by atoms with Gasteiger partial charge < -0.3 is 66.5 Å². The van der Waals surface area contributed by atoms with Crippen molar-refractivity contribution < 1.29 is 66.4 Å². The van der Waals surface area contributed by atoms with Gasteiger partial charge in [-0.3, -0.25) is 14.6 Å².